The fourth-order valence-corrected chi connectivity index (χ4v) is 5.18. The van der Waals surface area contributed by atoms with Crippen LogP contribution < -0.4 is 5.32 Å². The van der Waals surface area contributed by atoms with Gasteiger partial charge in [-0.25, -0.2) is 24.9 Å². The van der Waals surface area contributed by atoms with Gasteiger partial charge in [0.25, 0.3) is 5.89 Å². The lowest BCUT2D eigenvalue weighted by atomic mass is 10.1. The summed E-state index contributed by atoms with van der Waals surface area (Å²) in [5.74, 6) is 1.65. The number of fused-ring (bicyclic) bond motifs is 2. The number of hydrogen-bond donors (Lipinski definition) is 2. The molecular formula is C26H20N6O2S2. The number of hydrogen-bond acceptors (Lipinski definition) is 10. The van der Waals surface area contributed by atoms with Crippen molar-refractivity contribution in [2.24, 2.45) is 0 Å². The van der Waals surface area contributed by atoms with Crippen molar-refractivity contribution < 1.29 is 9.52 Å². The number of aromatic nitrogens is 5. The third-order valence-corrected chi connectivity index (χ3v) is 7.36. The molecule has 0 atom stereocenters. The van der Waals surface area contributed by atoms with Crippen molar-refractivity contribution in [2.45, 2.75) is 29.6 Å². The Hall–Kier alpha value is -4.02. The molecule has 6 rings (SSSR count). The zero-order valence-electron chi connectivity index (χ0n) is 19.3. The van der Waals surface area contributed by atoms with Crippen LogP contribution in [0.1, 0.15) is 25.5 Å². The van der Waals surface area contributed by atoms with E-state index >= 15 is 0 Å². The number of benzene rings is 2. The van der Waals surface area contributed by atoms with Gasteiger partial charge in [0.2, 0.25) is 0 Å². The molecule has 8 nitrogen and oxygen atoms in total. The van der Waals surface area contributed by atoms with Crippen LogP contribution in [0.2, 0.25) is 0 Å². The molecule has 0 saturated heterocycles. The third kappa shape index (κ3) is 4.36. The number of anilines is 2. The molecule has 0 saturated carbocycles. The Labute approximate surface area is 214 Å². The van der Waals surface area contributed by atoms with Crippen molar-refractivity contribution in [3.05, 3.63) is 72.1 Å². The second-order valence-corrected chi connectivity index (χ2v) is 10.4. The van der Waals surface area contributed by atoms with Crippen molar-refractivity contribution in [2.75, 3.05) is 5.32 Å². The SMILES string of the molecule is CC(C)c1ccc2c(Nc3cc4oc(-c5nccs5)nc4cc3Sc3ccc(O)cc3)ncnc2n1. The molecule has 178 valence electrons. The maximum Gasteiger partial charge on any atom is 0.256 e. The molecule has 36 heavy (non-hydrogen) atoms. The number of phenolic OH excluding ortho intramolecular Hbond substituents is 1. The maximum atomic E-state index is 9.69. The van der Waals surface area contributed by atoms with Gasteiger partial charge in [0.1, 0.15) is 23.4 Å². The Balaban J connectivity index is 1.45. The highest BCUT2D eigenvalue weighted by Crippen LogP contribution is 2.40. The standard InChI is InChI=1S/C26H20N6O2S2/c1-14(2)18-8-7-17-23(30-18)28-13-29-24(17)31-20-11-21-19(32-25(34-21)26-27-9-10-35-26)12-22(20)36-16-5-3-15(33)4-6-16/h3-14,33H,1-2H3,(H,28,29,30,31). The first-order valence-corrected chi connectivity index (χ1v) is 12.9. The van der Waals surface area contributed by atoms with Gasteiger partial charge in [0.15, 0.2) is 16.2 Å². The van der Waals surface area contributed by atoms with Crippen LogP contribution in [-0.2, 0) is 0 Å². The van der Waals surface area contributed by atoms with E-state index in [0.717, 1.165) is 37.1 Å². The third-order valence-electron chi connectivity index (χ3n) is 5.53. The van der Waals surface area contributed by atoms with Gasteiger partial charge in [-0.15, -0.1) is 11.3 Å². The van der Waals surface area contributed by atoms with E-state index in [1.165, 1.54) is 17.7 Å². The topological polar surface area (TPSA) is 110 Å². The second-order valence-electron chi connectivity index (χ2n) is 8.38. The lowest BCUT2D eigenvalue weighted by molar-refractivity contribution is 0.475. The number of rotatable bonds is 6. The maximum absolute atomic E-state index is 9.69. The van der Waals surface area contributed by atoms with Crippen LogP contribution in [0.25, 0.3) is 33.0 Å². The summed E-state index contributed by atoms with van der Waals surface area (Å²) in [5, 5.41) is 16.6. The Morgan fingerprint density at radius 1 is 1.00 bits per heavy atom. The van der Waals surface area contributed by atoms with Gasteiger partial charge < -0.3 is 14.8 Å². The highest BCUT2D eigenvalue weighted by molar-refractivity contribution is 7.99. The van der Waals surface area contributed by atoms with E-state index in [1.54, 1.807) is 30.1 Å². The summed E-state index contributed by atoms with van der Waals surface area (Å²) in [5.41, 5.74) is 3.78. The first kappa shape index (κ1) is 22.4. The van der Waals surface area contributed by atoms with Gasteiger partial charge in [-0.1, -0.05) is 25.6 Å². The molecule has 0 aliphatic heterocycles. The lowest BCUT2D eigenvalue weighted by Gasteiger charge is -2.13. The van der Waals surface area contributed by atoms with Gasteiger partial charge in [-0.2, -0.15) is 0 Å². The molecule has 0 unspecified atom stereocenters. The van der Waals surface area contributed by atoms with Crippen molar-refractivity contribution in [3.8, 4) is 16.6 Å². The van der Waals surface area contributed by atoms with Crippen LogP contribution in [0.15, 0.2) is 80.6 Å². The summed E-state index contributed by atoms with van der Waals surface area (Å²) >= 11 is 3.02. The predicted octanol–water partition coefficient (Wildman–Crippen LogP) is 7.01. The molecule has 10 heteroatoms. The number of oxazole rings is 1. The molecule has 0 aliphatic carbocycles. The molecule has 0 aliphatic rings. The first-order chi connectivity index (χ1) is 17.5. The summed E-state index contributed by atoms with van der Waals surface area (Å²) in [4.78, 5) is 24.5. The highest BCUT2D eigenvalue weighted by Gasteiger charge is 2.17. The molecule has 0 radical (unpaired) electrons. The number of nitrogens with one attached hydrogen (secondary N) is 1. The van der Waals surface area contributed by atoms with E-state index < -0.39 is 0 Å². The minimum atomic E-state index is 0.221. The molecule has 0 spiro atoms. The predicted molar refractivity (Wildman–Crippen MR) is 142 cm³/mol. The molecular weight excluding hydrogens is 492 g/mol. The van der Waals surface area contributed by atoms with Crippen LogP contribution in [0.4, 0.5) is 11.5 Å². The summed E-state index contributed by atoms with van der Waals surface area (Å²) < 4.78 is 6.05. The molecule has 6 aromatic rings. The van der Waals surface area contributed by atoms with E-state index in [0.29, 0.717) is 28.9 Å². The van der Waals surface area contributed by atoms with E-state index in [-0.39, 0.29) is 5.75 Å². The van der Waals surface area contributed by atoms with E-state index in [2.05, 4.69) is 39.1 Å². The first-order valence-electron chi connectivity index (χ1n) is 11.2. The average Bonchev–Trinajstić information content (AvgIpc) is 3.55. The van der Waals surface area contributed by atoms with Crippen molar-refractivity contribution in [3.63, 3.8) is 0 Å². The zero-order valence-corrected chi connectivity index (χ0v) is 21.0. The smallest absolute Gasteiger partial charge is 0.256 e. The number of pyridine rings is 1. The van der Waals surface area contributed by atoms with Gasteiger partial charge in [0.05, 0.1) is 11.1 Å². The lowest BCUT2D eigenvalue weighted by Crippen LogP contribution is -2.00. The molecule has 4 aromatic heterocycles. The largest absolute Gasteiger partial charge is 0.508 e. The van der Waals surface area contributed by atoms with E-state index in [9.17, 15) is 5.11 Å². The zero-order chi connectivity index (χ0) is 24.6. The number of aromatic hydroxyl groups is 1. The summed E-state index contributed by atoms with van der Waals surface area (Å²) in [6, 6.07) is 15.0. The summed E-state index contributed by atoms with van der Waals surface area (Å²) in [6.07, 6.45) is 3.25. The van der Waals surface area contributed by atoms with Gasteiger partial charge in [0, 0.05) is 33.1 Å². The van der Waals surface area contributed by atoms with Crippen molar-refractivity contribution >= 4 is 56.7 Å². The van der Waals surface area contributed by atoms with E-state index in [4.69, 9.17) is 9.40 Å². The molecule has 0 amide bonds. The average molecular weight is 513 g/mol. The number of nitrogens with zero attached hydrogens (tertiary/aromatic N) is 5. The van der Waals surface area contributed by atoms with Crippen LogP contribution in [0.3, 0.4) is 0 Å². The van der Waals surface area contributed by atoms with Gasteiger partial charge in [-0.05, 0) is 48.4 Å². The van der Waals surface area contributed by atoms with Crippen LogP contribution in [-0.4, -0.2) is 30.0 Å². The molecule has 0 fully saturated rings. The van der Waals surface area contributed by atoms with E-state index in [1.807, 2.05) is 41.8 Å². The fourth-order valence-electron chi connectivity index (χ4n) is 3.70. The Kier molecular flexibility index (Phi) is 5.74. The highest BCUT2D eigenvalue weighted by atomic mass is 32.2. The minimum Gasteiger partial charge on any atom is -0.508 e. The monoisotopic (exact) mass is 512 g/mol. The normalized spacial score (nSPS) is 11.5. The minimum absolute atomic E-state index is 0.221. The summed E-state index contributed by atoms with van der Waals surface area (Å²) in [7, 11) is 0. The fraction of sp³-hybridized carbons (Fsp3) is 0.115. The Bertz CT molecular complexity index is 1680. The van der Waals surface area contributed by atoms with Gasteiger partial charge in [-0.3, -0.25) is 0 Å². The molecule has 2 N–H and O–H groups in total. The van der Waals surface area contributed by atoms with Crippen LogP contribution >= 0.6 is 23.1 Å². The van der Waals surface area contributed by atoms with Gasteiger partial charge >= 0.3 is 0 Å². The van der Waals surface area contributed by atoms with Crippen molar-refractivity contribution in [1.29, 1.82) is 0 Å². The molecule has 0 bridgehead atoms. The number of thiazole rings is 1. The number of phenols is 1. The Morgan fingerprint density at radius 2 is 1.86 bits per heavy atom. The van der Waals surface area contributed by atoms with Crippen molar-refractivity contribution in [1.82, 2.24) is 24.9 Å². The Morgan fingerprint density at radius 3 is 2.64 bits per heavy atom. The quantitative estimate of drug-likeness (QED) is 0.243. The van der Waals surface area contributed by atoms with Crippen LogP contribution in [0, 0.1) is 0 Å². The van der Waals surface area contributed by atoms with Crippen LogP contribution in [0.5, 0.6) is 5.75 Å². The molecule has 2 aromatic carbocycles. The second kappa shape index (κ2) is 9.21. The summed E-state index contributed by atoms with van der Waals surface area (Å²) in [6.45, 7) is 4.21. The molecule has 4 heterocycles.